The molecule has 0 spiro atoms. The van der Waals surface area contributed by atoms with Crippen molar-refractivity contribution in [3.8, 4) is 0 Å². The van der Waals surface area contributed by atoms with Crippen LogP contribution in [0.3, 0.4) is 0 Å². The molecule has 0 bridgehead atoms. The Morgan fingerprint density at radius 2 is 2.00 bits per heavy atom. The maximum Gasteiger partial charge on any atom is 0.335 e. The van der Waals surface area contributed by atoms with Gasteiger partial charge in [-0.15, -0.1) is 0 Å². The van der Waals surface area contributed by atoms with Gasteiger partial charge in [0.25, 0.3) is 0 Å². The summed E-state index contributed by atoms with van der Waals surface area (Å²) in [7, 11) is 0. The summed E-state index contributed by atoms with van der Waals surface area (Å²) in [5.74, 6) is -0.882. The summed E-state index contributed by atoms with van der Waals surface area (Å²) in [4.78, 5) is 10.9. The number of allylic oxidation sites excluding steroid dienone is 3. The summed E-state index contributed by atoms with van der Waals surface area (Å²) in [6.45, 7) is 6.26. The maximum absolute atomic E-state index is 10.9. The van der Waals surface area contributed by atoms with Crippen molar-refractivity contribution in [3.05, 3.63) is 52.6 Å². The van der Waals surface area contributed by atoms with Gasteiger partial charge in [-0.3, -0.25) is 0 Å². The Morgan fingerprint density at radius 3 is 2.61 bits per heavy atom. The first-order chi connectivity index (χ1) is 8.49. The van der Waals surface area contributed by atoms with Gasteiger partial charge in [-0.2, -0.15) is 0 Å². The van der Waals surface area contributed by atoms with Gasteiger partial charge >= 0.3 is 5.97 Å². The standard InChI is InChI=1S/C16H20O2/c1-12(2)6-4-7-13(3)10-14-8-5-9-15(11-14)16(17)18/h5-6,8-11H,4,7H2,1-3H3,(H,17,18)/b13-10+. The van der Waals surface area contributed by atoms with Gasteiger partial charge in [0.15, 0.2) is 0 Å². The van der Waals surface area contributed by atoms with E-state index in [4.69, 9.17) is 5.11 Å². The molecular weight excluding hydrogens is 224 g/mol. The fourth-order valence-electron chi connectivity index (χ4n) is 1.71. The number of rotatable bonds is 5. The van der Waals surface area contributed by atoms with Crippen LogP contribution in [0.4, 0.5) is 0 Å². The molecule has 0 fully saturated rings. The Hall–Kier alpha value is -1.83. The predicted molar refractivity (Wildman–Crippen MR) is 75.7 cm³/mol. The van der Waals surface area contributed by atoms with Gasteiger partial charge in [-0.25, -0.2) is 4.79 Å². The van der Waals surface area contributed by atoms with Crippen LogP contribution in [0, 0.1) is 0 Å². The lowest BCUT2D eigenvalue weighted by Crippen LogP contribution is -1.95. The van der Waals surface area contributed by atoms with Crippen LogP contribution in [0.15, 0.2) is 41.5 Å². The van der Waals surface area contributed by atoms with E-state index in [1.165, 1.54) is 11.1 Å². The molecule has 0 aliphatic rings. The molecule has 0 heterocycles. The highest BCUT2D eigenvalue weighted by Crippen LogP contribution is 2.13. The second-order valence-corrected chi connectivity index (χ2v) is 4.74. The van der Waals surface area contributed by atoms with Gasteiger partial charge in [0.1, 0.15) is 0 Å². The van der Waals surface area contributed by atoms with E-state index < -0.39 is 5.97 Å². The number of benzene rings is 1. The fourth-order valence-corrected chi connectivity index (χ4v) is 1.71. The van der Waals surface area contributed by atoms with Crippen molar-refractivity contribution < 1.29 is 9.90 Å². The van der Waals surface area contributed by atoms with Crippen molar-refractivity contribution in [2.45, 2.75) is 33.6 Å². The molecule has 1 aromatic rings. The minimum Gasteiger partial charge on any atom is -0.478 e. The van der Waals surface area contributed by atoms with Gasteiger partial charge in [0.2, 0.25) is 0 Å². The molecule has 0 saturated carbocycles. The van der Waals surface area contributed by atoms with E-state index in [1.807, 2.05) is 12.1 Å². The summed E-state index contributed by atoms with van der Waals surface area (Å²) in [6.07, 6.45) is 6.29. The van der Waals surface area contributed by atoms with E-state index in [9.17, 15) is 4.79 Å². The Labute approximate surface area is 109 Å². The normalized spacial score (nSPS) is 11.2. The number of carboxylic acids is 1. The molecule has 0 unspecified atom stereocenters. The average molecular weight is 244 g/mol. The summed E-state index contributed by atoms with van der Waals surface area (Å²) in [5.41, 5.74) is 3.87. The maximum atomic E-state index is 10.9. The lowest BCUT2D eigenvalue weighted by Gasteiger charge is -2.01. The molecule has 96 valence electrons. The average Bonchev–Trinajstić information content (AvgIpc) is 2.28. The van der Waals surface area contributed by atoms with E-state index in [0.717, 1.165) is 18.4 Å². The zero-order valence-corrected chi connectivity index (χ0v) is 11.2. The highest BCUT2D eigenvalue weighted by atomic mass is 16.4. The minimum absolute atomic E-state index is 0.334. The minimum atomic E-state index is -0.882. The second kappa shape index (κ2) is 6.80. The summed E-state index contributed by atoms with van der Waals surface area (Å²) in [6, 6.07) is 7.01. The van der Waals surface area contributed by atoms with Crippen LogP contribution in [0.1, 0.15) is 49.5 Å². The number of carboxylic acid groups (broad SMARTS) is 1. The summed E-state index contributed by atoms with van der Waals surface area (Å²) < 4.78 is 0. The van der Waals surface area contributed by atoms with Crippen molar-refractivity contribution in [1.82, 2.24) is 0 Å². The molecule has 2 heteroatoms. The van der Waals surface area contributed by atoms with Gasteiger partial charge in [0.05, 0.1) is 5.56 Å². The third-order valence-corrected chi connectivity index (χ3v) is 2.64. The molecule has 1 N–H and O–H groups in total. The first-order valence-corrected chi connectivity index (χ1v) is 6.13. The largest absolute Gasteiger partial charge is 0.478 e. The highest BCUT2D eigenvalue weighted by Gasteiger charge is 2.01. The molecule has 0 aliphatic carbocycles. The Bertz CT molecular complexity index is 478. The first-order valence-electron chi connectivity index (χ1n) is 6.13. The quantitative estimate of drug-likeness (QED) is 0.772. The molecule has 0 radical (unpaired) electrons. The van der Waals surface area contributed by atoms with Gasteiger partial charge in [0, 0.05) is 0 Å². The van der Waals surface area contributed by atoms with Crippen LogP contribution in [-0.2, 0) is 0 Å². The van der Waals surface area contributed by atoms with Crippen molar-refractivity contribution in [3.63, 3.8) is 0 Å². The molecular formula is C16H20O2. The van der Waals surface area contributed by atoms with Crippen LogP contribution < -0.4 is 0 Å². The third kappa shape index (κ3) is 5.00. The SMILES string of the molecule is CC(C)=CCC/C(C)=C/c1cccc(C(=O)O)c1. The van der Waals surface area contributed by atoms with E-state index in [-0.39, 0.29) is 0 Å². The fraction of sp³-hybridized carbons (Fsp3) is 0.312. The van der Waals surface area contributed by atoms with Crippen LogP contribution in [-0.4, -0.2) is 11.1 Å². The van der Waals surface area contributed by atoms with E-state index in [2.05, 4.69) is 26.8 Å². The number of hydrogen-bond acceptors (Lipinski definition) is 1. The molecule has 1 aromatic carbocycles. The van der Waals surface area contributed by atoms with Crippen LogP contribution in [0.5, 0.6) is 0 Å². The molecule has 18 heavy (non-hydrogen) atoms. The zero-order chi connectivity index (χ0) is 13.5. The Morgan fingerprint density at radius 1 is 1.28 bits per heavy atom. The predicted octanol–water partition coefficient (Wildman–Crippen LogP) is 4.53. The lowest BCUT2D eigenvalue weighted by molar-refractivity contribution is 0.0697. The van der Waals surface area contributed by atoms with Gasteiger partial charge in [-0.05, 0) is 51.3 Å². The molecule has 0 aliphatic heterocycles. The Balaban J connectivity index is 2.73. The van der Waals surface area contributed by atoms with Crippen molar-refractivity contribution in [2.24, 2.45) is 0 Å². The summed E-state index contributed by atoms with van der Waals surface area (Å²) >= 11 is 0. The van der Waals surface area contributed by atoms with Crippen LogP contribution in [0.2, 0.25) is 0 Å². The number of hydrogen-bond donors (Lipinski definition) is 1. The van der Waals surface area contributed by atoms with E-state index in [0.29, 0.717) is 5.56 Å². The monoisotopic (exact) mass is 244 g/mol. The molecule has 0 saturated heterocycles. The van der Waals surface area contributed by atoms with Crippen molar-refractivity contribution >= 4 is 12.0 Å². The van der Waals surface area contributed by atoms with E-state index >= 15 is 0 Å². The van der Waals surface area contributed by atoms with Crippen molar-refractivity contribution in [2.75, 3.05) is 0 Å². The molecule has 0 amide bonds. The van der Waals surface area contributed by atoms with Crippen molar-refractivity contribution in [1.29, 1.82) is 0 Å². The topological polar surface area (TPSA) is 37.3 Å². The zero-order valence-electron chi connectivity index (χ0n) is 11.2. The number of aromatic carboxylic acids is 1. The van der Waals surface area contributed by atoms with Gasteiger partial charge < -0.3 is 5.11 Å². The molecule has 2 nitrogen and oxygen atoms in total. The van der Waals surface area contributed by atoms with Gasteiger partial charge in [-0.1, -0.05) is 35.4 Å². The molecule has 0 atom stereocenters. The first kappa shape index (κ1) is 14.2. The van der Waals surface area contributed by atoms with Crippen LogP contribution in [0.25, 0.3) is 6.08 Å². The third-order valence-electron chi connectivity index (χ3n) is 2.64. The number of carbonyl (C=O) groups is 1. The van der Waals surface area contributed by atoms with Crippen LogP contribution >= 0.6 is 0 Å². The van der Waals surface area contributed by atoms with E-state index in [1.54, 1.807) is 18.2 Å². The molecule has 1 rings (SSSR count). The smallest absolute Gasteiger partial charge is 0.335 e. The highest BCUT2D eigenvalue weighted by molar-refractivity contribution is 5.88. The summed E-state index contributed by atoms with van der Waals surface area (Å²) in [5, 5.41) is 8.92. The Kier molecular flexibility index (Phi) is 5.37. The lowest BCUT2D eigenvalue weighted by atomic mass is 10.1. The second-order valence-electron chi connectivity index (χ2n) is 4.74. The molecule has 0 aromatic heterocycles.